The summed E-state index contributed by atoms with van der Waals surface area (Å²) in [6, 6.07) is 0. The standard InChI is InChI=1S/C29H52O2Si/c1-20(2)25-12-13-26-24-11-10-21-18-29(19-30-7,31-32(8,9)27(3,4)5)17-15-22(21)23(24)14-16-28(25,26)6/h21-26H,1,10-19H2,2-9H3/t21-,22+,23-,24-,25-,26+,28-,29-/m1/s1. The van der Waals surface area contributed by atoms with Crippen LogP contribution >= 0.6 is 0 Å². The minimum atomic E-state index is -1.83. The van der Waals surface area contributed by atoms with Crippen LogP contribution in [0.15, 0.2) is 12.2 Å². The fraction of sp³-hybridized carbons (Fsp3) is 0.931. The van der Waals surface area contributed by atoms with Gasteiger partial charge in [0.15, 0.2) is 8.32 Å². The summed E-state index contributed by atoms with van der Waals surface area (Å²) in [5.74, 6) is 5.41. The van der Waals surface area contributed by atoms with Gasteiger partial charge in [0, 0.05) is 7.11 Å². The first-order valence-electron chi connectivity index (χ1n) is 13.7. The number of hydrogen-bond acceptors (Lipinski definition) is 2. The second kappa shape index (κ2) is 8.52. The maximum Gasteiger partial charge on any atom is 0.192 e. The number of methoxy groups -OCH3 is 1. The quantitative estimate of drug-likeness (QED) is 0.304. The predicted octanol–water partition coefficient (Wildman–Crippen LogP) is 8.24. The molecule has 4 saturated carbocycles. The topological polar surface area (TPSA) is 18.5 Å². The number of hydrogen-bond donors (Lipinski definition) is 0. The van der Waals surface area contributed by atoms with Crippen LogP contribution in [0, 0.1) is 40.9 Å². The van der Waals surface area contributed by atoms with E-state index in [1.807, 2.05) is 7.11 Å². The van der Waals surface area contributed by atoms with Crippen LogP contribution in [-0.2, 0) is 9.16 Å². The van der Waals surface area contributed by atoms with Crippen molar-refractivity contribution >= 4 is 8.32 Å². The number of fused-ring (bicyclic) bond motifs is 5. The summed E-state index contributed by atoms with van der Waals surface area (Å²) in [6.07, 6.45) is 12.4. The van der Waals surface area contributed by atoms with Gasteiger partial charge in [0.05, 0.1) is 12.2 Å². The molecule has 2 nitrogen and oxygen atoms in total. The first-order valence-corrected chi connectivity index (χ1v) is 16.6. The summed E-state index contributed by atoms with van der Waals surface area (Å²) in [4.78, 5) is 0. The Morgan fingerprint density at radius 1 is 0.969 bits per heavy atom. The Balaban J connectivity index is 1.51. The Morgan fingerprint density at radius 3 is 2.28 bits per heavy atom. The Bertz CT molecular complexity index is 708. The largest absolute Gasteiger partial charge is 0.409 e. The van der Waals surface area contributed by atoms with Crippen LogP contribution in [-0.4, -0.2) is 27.6 Å². The van der Waals surface area contributed by atoms with E-state index in [1.54, 1.807) is 0 Å². The maximum absolute atomic E-state index is 7.19. The molecule has 184 valence electrons. The lowest BCUT2D eigenvalue weighted by atomic mass is 9.49. The van der Waals surface area contributed by atoms with Crippen LogP contribution < -0.4 is 0 Å². The van der Waals surface area contributed by atoms with Gasteiger partial charge in [0.2, 0.25) is 0 Å². The van der Waals surface area contributed by atoms with Gasteiger partial charge in [0.25, 0.3) is 0 Å². The van der Waals surface area contributed by atoms with E-state index in [4.69, 9.17) is 9.16 Å². The van der Waals surface area contributed by atoms with Crippen LogP contribution in [0.2, 0.25) is 18.1 Å². The van der Waals surface area contributed by atoms with Gasteiger partial charge < -0.3 is 9.16 Å². The normalized spacial score (nSPS) is 44.5. The highest BCUT2D eigenvalue weighted by molar-refractivity contribution is 6.74. The average Bonchev–Trinajstić information content (AvgIpc) is 3.04. The maximum atomic E-state index is 7.19. The molecule has 4 aliphatic rings. The molecule has 0 aromatic carbocycles. The zero-order valence-corrected chi connectivity index (χ0v) is 23.6. The molecule has 3 heteroatoms. The third-order valence-corrected chi connectivity index (χ3v) is 15.9. The molecule has 8 atom stereocenters. The molecule has 0 saturated heterocycles. The molecule has 0 heterocycles. The van der Waals surface area contributed by atoms with Crippen molar-refractivity contribution in [3.05, 3.63) is 12.2 Å². The smallest absolute Gasteiger partial charge is 0.192 e. The Labute approximate surface area is 200 Å². The fourth-order valence-electron chi connectivity index (χ4n) is 8.97. The highest BCUT2D eigenvalue weighted by atomic mass is 28.4. The Morgan fingerprint density at radius 2 is 1.66 bits per heavy atom. The van der Waals surface area contributed by atoms with Gasteiger partial charge in [0.1, 0.15) is 0 Å². The van der Waals surface area contributed by atoms with Crippen molar-refractivity contribution < 1.29 is 9.16 Å². The molecule has 32 heavy (non-hydrogen) atoms. The van der Waals surface area contributed by atoms with Crippen molar-refractivity contribution in [3.8, 4) is 0 Å². The molecule has 0 bridgehead atoms. The summed E-state index contributed by atoms with van der Waals surface area (Å²) in [6.45, 7) is 22.1. The molecule has 0 spiro atoms. The summed E-state index contributed by atoms with van der Waals surface area (Å²) in [5, 5.41) is 0.248. The van der Waals surface area contributed by atoms with Gasteiger partial charge in [-0.25, -0.2) is 0 Å². The van der Waals surface area contributed by atoms with Crippen LogP contribution in [0.25, 0.3) is 0 Å². The van der Waals surface area contributed by atoms with Crippen molar-refractivity contribution in [2.24, 2.45) is 40.9 Å². The van der Waals surface area contributed by atoms with Gasteiger partial charge in [-0.1, -0.05) is 39.8 Å². The molecule has 4 aliphatic carbocycles. The molecule has 0 radical (unpaired) electrons. The van der Waals surface area contributed by atoms with Crippen molar-refractivity contribution in [2.75, 3.05) is 13.7 Å². The molecule has 0 aliphatic heterocycles. The molecule has 4 fully saturated rings. The lowest BCUT2D eigenvalue weighted by Crippen LogP contribution is -2.57. The van der Waals surface area contributed by atoms with Gasteiger partial charge in [-0.3, -0.25) is 0 Å². The monoisotopic (exact) mass is 460 g/mol. The second-order valence-electron chi connectivity index (χ2n) is 14.2. The SMILES string of the molecule is C=C(C)[C@H]1CC[C@H]2[C@@H]3CC[C@@H]4C[C@](COC)(O[Si](C)(C)C(C)(C)C)CC[C@@H]4[C@H]3CC[C@]12C. The van der Waals surface area contributed by atoms with Gasteiger partial charge in [-0.05, 0) is 124 Å². The van der Waals surface area contributed by atoms with Crippen LogP contribution in [0.1, 0.15) is 92.4 Å². The number of rotatable bonds is 5. The van der Waals surface area contributed by atoms with E-state index >= 15 is 0 Å². The van der Waals surface area contributed by atoms with Crippen LogP contribution in [0.4, 0.5) is 0 Å². The second-order valence-corrected chi connectivity index (χ2v) is 18.9. The molecular formula is C29H52O2Si. The molecule has 4 rings (SSSR count). The van der Waals surface area contributed by atoms with E-state index < -0.39 is 8.32 Å². The molecule has 0 aromatic heterocycles. The van der Waals surface area contributed by atoms with Gasteiger partial charge in [-0.15, -0.1) is 0 Å². The molecule has 0 aromatic rings. The first-order chi connectivity index (χ1) is 14.8. The lowest BCUT2D eigenvalue weighted by molar-refractivity contribution is -0.117. The van der Waals surface area contributed by atoms with Gasteiger partial charge in [-0.2, -0.15) is 0 Å². The van der Waals surface area contributed by atoms with Crippen LogP contribution in [0.5, 0.6) is 0 Å². The summed E-state index contributed by atoms with van der Waals surface area (Å²) >= 11 is 0. The summed E-state index contributed by atoms with van der Waals surface area (Å²) < 4.78 is 13.0. The lowest BCUT2D eigenvalue weighted by Gasteiger charge is -2.58. The summed E-state index contributed by atoms with van der Waals surface area (Å²) in [7, 11) is 0.0475. The van der Waals surface area contributed by atoms with Crippen LogP contribution in [0.3, 0.4) is 0 Å². The van der Waals surface area contributed by atoms with Crippen molar-refractivity contribution in [1.82, 2.24) is 0 Å². The average molecular weight is 461 g/mol. The van der Waals surface area contributed by atoms with E-state index in [-0.39, 0.29) is 10.6 Å². The Hall–Kier alpha value is -0.123. The highest BCUT2D eigenvalue weighted by Crippen LogP contribution is 2.65. The first kappa shape index (κ1) is 25.0. The predicted molar refractivity (Wildman–Crippen MR) is 138 cm³/mol. The molecule has 0 amide bonds. The van der Waals surface area contributed by atoms with E-state index in [9.17, 15) is 0 Å². The Kier molecular flexibility index (Phi) is 6.65. The van der Waals surface area contributed by atoms with Crippen molar-refractivity contribution in [3.63, 3.8) is 0 Å². The molecule has 0 N–H and O–H groups in total. The fourth-order valence-corrected chi connectivity index (χ4v) is 10.6. The molecule has 0 unspecified atom stereocenters. The van der Waals surface area contributed by atoms with E-state index in [1.165, 1.54) is 63.4 Å². The zero-order valence-electron chi connectivity index (χ0n) is 22.6. The minimum Gasteiger partial charge on any atom is -0.409 e. The van der Waals surface area contributed by atoms with E-state index in [0.717, 1.165) is 42.1 Å². The highest BCUT2D eigenvalue weighted by Gasteiger charge is 2.58. The van der Waals surface area contributed by atoms with Crippen molar-refractivity contribution in [1.29, 1.82) is 0 Å². The zero-order chi connectivity index (χ0) is 23.5. The number of allylic oxidation sites excluding steroid dienone is 1. The third-order valence-electron chi connectivity index (χ3n) is 11.4. The van der Waals surface area contributed by atoms with E-state index in [0.29, 0.717) is 5.41 Å². The molecular weight excluding hydrogens is 408 g/mol. The minimum absolute atomic E-state index is 0.0483. The summed E-state index contributed by atoms with van der Waals surface area (Å²) in [5.41, 5.74) is 1.93. The van der Waals surface area contributed by atoms with Gasteiger partial charge >= 0.3 is 0 Å². The third kappa shape index (κ3) is 4.11. The van der Waals surface area contributed by atoms with E-state index in [2.05, 4.69) is 54.3 Å². The number of ether oxygens (including phenoxy) is 1. The van der Waals surface area contributed by atoms with Crippen molar-refractivity contribution in [2.45, 2.75) is 116 Å².